The highest BCUT2D eigenvalue weighted by atomic mass is 35.5. The number of halogens is 3. The average Bonchev–Trinajstić information content (AvgIpc) is 3.36. The first-order chi connectivity index (χ1) is 19.3. The minimum absolute atomic E-state index is 0.0307. The lowest BCUT2D eigenvalue weighted by Crippen LogP contribution is -2.44. The van der Waals surface area contributed by atoms with Crippen molar-refractivity contribution in [3.05, 3.63) is 99.3 Å². The number of fused-ring (bicyclic) bond motifs is 1. The van der Waals surface area contributed by atoms with E-state index < -0.39 is 11.9 Å². The number of piperidine rings is 1. The Morgan fingerprint density at radius 3 is 2.30 bits per heavy atom. The fourth-order valence-electron chi connectivity index (χ4n) is 5.34. The molecule has 1 aliphatic heterocycles. The van der Waals surface area contributed by atoms with Gasteiger partial charge in [-0.15, -0.1) is 0 Å². The summed E-state index contributed by atoms with van der Waals surface area (Å²) in [5, 5.41) is 6.42. The van der Waals surface area contributed by atoms with E-state index in [1.807, 2.05) is 30.3 Å². The van der Waals surface area contributed by atoms with Crippen molar-refractivity contribution < 1.29 is 23.5 Å². The average molecular weight is 584 g/mol. The Balaban J connectivity index is 1.21. The van der Waals surface area contributed by atoms with Crippen molar-refractivity contribution in [2.75, 3.05) is 20.2 Å². The largest absolute Gasteiger partial charge is 0.494 e. The lowest BCUT2D eigenvalue weighted by Gasteiger charge is -2.23. The number of ether oxygens (including phenoxy) is 1. The van der Waals surface area contributed by atoms with E-state index >= 15 is 0 Å². The fourth-order valence-corrected chi connectivity index (χ4v) is 5.80. The zero-order chi connectivity index (χ0) is 28.4. The van der Waals surface area contributed by atoms with Crippen molar-refractivity contribution in [1.82, 2.24) is 15.5 Å². The third kappa shape index (κ3) is 5.93. The van der Waals surface area contributed by atoms with Crippen molar-refractivity contribution in [2.24, 2.45) is 11.8 Å². The minimum Gasteiger partial charge on any atom is -0.494 e. The molecule has 0 spiro atoms. The van der Waals surface area contributed by atoms with Crippen LogP contribution in [0, 0.1) is 17.7 Å². The van der Waals surface area contributed by atoms with Gasteiger partial charge < -0.3 is 20.3 Å². The number of rotatable bonds is 9. The molecule has 10 heteroatoms. The zero-order valence-corrected chi connectivity index (χ0v) is 23.2. The molecule has 2 aliphatic rings. The Morgan fingerprint density at radius 2 is 1.62 bits per heavy atom. The number of amides is 3. The van der Waals surface area contributed by atoms with Crippen molar-refractivity contribution >= 4 is 40.9 Å². The number of benzene rings is 3. The molecule has 208 valence electrons. The van der Waals surface area contributed by atoms with Gasteiger partial charge >= 0.3 is 0 Å². The number of nitrogens with zero attached hydrogens (tertiary/aromatic N) is 1. The van der Waals surface area contributed by atoms with E-state index in [1.54, 1.807) is 29.2 Å². The number of hydrogen-bond donors (Lipinski definition) is 2. The maximum atomic E-state index is 14.7. The number of nitrogens with one attached hydrogen (secondary N) is 2. The first-order valence-corrected chi connectivity index (χ1v) is 13.7. The van der Waals surface area contributed by atoms with Crippen molar-refractivity contribution in [1.29, 1.82) is 0 Å². The second-order valence-electron chi connectivity index (χ2n) is 10.1. The van der Waals surface area contributed by atoms with Gasteiger partial charge in [-0.05, 0) is 23.8 Å². The Bertz CT molecular complexity index is 1430. The summed E-state index contributed by atoms with van der Waals surface area (Å²) in [5.41, 5.74) is 1.43. The topological polar surface area (TPSA) is 87.7 Å². The second kappa shape index (κ2) is 11.9. The predicted octanol–water partition coefficient (Wildman–Crippen LogP) is 4.36. The summed E-state index contributed by atoms with van der Waals surface area (Å²) in [4.78, 5) is 40.9. The number of likely N-dealkylation sites (tertiary alicyclic amines) is 1. The van der Waals surface area contributed by atoms with E-state index in [1.165, 1.54) is 19.2 Å². The van der Waals surface area contributed by atoms with Crippen molar-refractivity contribution in [3.8, 4) is 5.75 Å². The quantitative estimate of drug-likeness (QED) is 0.392. The van der Waals surface area contributed by atoms with Crippen molar-refractivity contribution in [2.45, 2.75) is 24.9 Å². The van der Waals surface area contributed by atoms with Crippen LogP contribution in [0.4, 0.5) is 4.39 Å². The maximum absolute atomic E-state index is 14.7. The Morgan fingerprint density at radius 1 is 0.950 bits per heavy atom. The first kappa shape index (κ1) is 27.9. The molecule has 0 radical (unpaired) electrons. The summed E-state index contributed by atoms with van der Waals surface area (Å²) in [7, 11) is 1.35. The molecular weight excluding hydrogens is 556 g/mol. The van der Waals surface area contributed by atoms with Crippen LogP contribution in [0.5, 0.6) is 5.75 Å². The molecule has 3 aromatic rings. The summed E-state index contributed by atoms with van der Waals surface area (Å²) in [6.45, 7) is 0.879. The van der Waals surface area contributed by atoms with Gasteiger partial charge in [0.25, 0.3) is 0 Å². The molecule has 0 aromatic heterocycles. The maximum Gasteiger partial charge on any atom is 0.247 e. The summed E-state index contributed by atoms with van der Waals surface area (Å²) < 4.78 is 19.7. The number of carbonyl (C=O) groups excluding carboxylic acids is 3. The molecule has 2 fully saturated rings. The van der Waals surface area contributed by atoms with Gasteiger partial charge in [0.15, 0.2) is 11.6 Å². The lowest BCUT2D eigenvalue weighted by atomic mass is 10.0. The van der Waals surface area contributed by atoms with Gasteiger partial charge in [-0.1, -0.05) is 71.7 Å². The van der Waals surface area contributed by atoms with Crippen LogP contribution >= 0.6 is 23.2 Å². The molecule has 4 atom stereocenters. The summed E-state index contributed by atoms with van der Waals surface area (Å²) in [6.07, 6.45) is -0.0565. The number of carbonyl (C=O) groups is 3. The highest BCUT2D eigenvalue weighted by molar-refractivity contribution is 6.32. The zero-order valence-electron chi connectivity index (χ0n) is 21.7. The highest BCUT2D eigenvalue weighted by Crippen LogP contribution is 2.46. The summed E-state index contributed by atoms with van der Waals surface area (Å²) in [5.74, 6) is -1.37. The fraction of sp³-hybridized carbons (Fsp3) is 0.300. The number of methoxy groups -OCH3 is 1. The SMILES string of the molecule is COc1ccc(Cl)c(CC(=O)N2C[C@@H]3C(NC(=O)[C@H](NC(=O)Cc4ccccc4)c4ccccc4Cl)[C@@H]3C2)c1F. The van der Waals surface area contributed by atoms with Crippen LogP contribution in [0.3, 0.4) is 0 Å². The van der Waals surface area contributed by atoms with E-state index in [0.717, 1.165) is 5.56 Å². The smallest absolute Gasteiger partial charge is 0.247 e. The lowest BCUT2D eigenvalue weighted by molar-refractivity contribution is -0.130. The van der Waals surface area contributed by atoms with Gasteiger partial charge in [0.05, 0.1) is 20.0 Å². The number of hydrogen-bond acceptors (Lipinski definition) is 4. The monoisotopic (exact) mass is 583 g/mol. The van der Waals surface area contributed by atoms with Gasteiger partial charge in [-0.2, -0.15) is 0 Å². The van der Waals surface area contributed by atoms with Gasteiger partial charge in [0.1, 0.15) is 6.04 Å². The molecule has 1 saturated heterocycles. The molecule has 1 heterocycles. The van der Waals surface area contributed by atoms with Gasteiger partial charge in [0, 0.05) is 52.1 Å². The third-order valence-electron chi connectivity index (χ3n) is 7.55. The predicted molar refractivity (Wildman–Crippen MR) is 150 cm³/mol. The Kier molecular flexibility index (Phi) is 8.28. The molecule has 3 amide bonds. The summed E-state index contributed by atoms with van der Waals surface area (Å²) in [6, 6.07) is 18.0. The van der Waals surface area contributed by atoms with Gasteiger partial charge in [0.2, 0.25) is 17.7 Å². The molecular formula is C30H28Cl2FN3O4. The molecule has 7 nitrogen and oxygen atoms in total. The van der Waals surface area contributed by atoms with E-state index in [2.05, 4.69) is 10.6 Å². The standard InChI is InChI=1S/C30H28Cl2FN3O4/c1-40-24-12-11-23(32)19(27(24)33)14-26(38)36-15-20-21(16-36)28(20)35-30(39)29(18-9-5-6-10-22(18)31)34-25(37)13-17-7-3-2-4-8-17/h2-12,20-21,28-29H,13-16H2,1H3,(H,34,37)(H,35,39)/t20-,21+,28?,29-/m1/s1. The summed E-state index contributed by atoms with van der Waals surface area (Å²) >= 11 is 12.5. The van der Waals surface area contributed by atoms with Crippen LogP contribution in [-0.4, -0.2) is 48.9 Å². The van der Waals surface area contributed by atoms with Gasteiger partial charge in [-0.25, -0.2) is 4.39 Å². The Hall–Kier alpha value is -3.62. The third-order valence-corrected chi connectivity index (χ3v) is 8.24. The highest BCUT2D eigenvalue weighted by Gasteiger charge is 2.57. The molecule has 5 rings (SSSR count). The van der Waals surface area contributed by atoms with E-state index in [9.17, 15) is 18.8 Å². The molecule has 2 N–H and O–H groups in total. The first-order valence-electron chi connectivity index (χ1n) is 12.9. The van der Waals surface area contributed by atoms with Crippen LogP contribution in [0.15, 0.2) is 66.7 Å². The molecule has 40 heavy (non-hydrogen) atoms. The molecule has 1 aliphatic carbocycles. The molecule has 0 bridgehead atoms. The molecule has 1 saturated carbocycles. The second-order valence-corrected chi connectivity index (χ2v) is 10.9. The molecule has 1 unspecified atom stereocenters. The van der Waals surface area contributed by atoms with E-state index in [0.29, 0.717) is 23.7 Å². The van der Waals surface area contributed by atoms with Crippen molar-refractivity contribution in [3.63, 3.8) is 0 Å². The van der Waals surface area contributed by atoms with Crippen LogP contribution in [0.2, 0.25) is 10.0 Å². The van der Waals surface area contributed by atoms with Crippen LogP contribution in [0.25, 0.3) is 0 Å². The van der Waals surface area contributed by atoms with E-state index in [4.69, 9.17) is 27.9 Å². The van der Waals surface area contributed by atoms with Gasteiger partial charge in [-0.3, -0.25) is 14.4 Å². The van der Waals surface area contributed by atoms with Crippen LogP contribution < -0.4 is 15.4 Å². The molecule has 3 aromatic carbocycles. The van der Waals surface area contributed by atoms with Crippen LogP contribution in [0.1, 0.15) is 22.7 Å². The Labute approximate surface area is 241 Å². The van der Waals surface area contributed by atoms with E-state index in [-0.39, 0.29) is 64.8 Å². The minimum atomic E-state index is -0.970. The normalized spacial score (nSPS) is 19.9. The van der Waals surface area contributed by atoms with Crippen LogP contribution in [-0.2, 0) is 27.2 Å².